The molecule has 1 heterocycles. The number of fused-ring (bicyclic) bond motifs is 1. The van der Waals surface area contributed by atoms with Crippen molar-refractivity contribution in [2.75, 3.05) is 0 Å². The number of phenolic OH excluding ortho intramolecular Hbond substituents is 1. The van der Waals surface area contributed by atoms with Gasteiger partial charge in [0, 0.05) is 27.2 Å². The molecule has 112 valence electrons. The second-order valence-electron chi connectivity index (χ2n) is 4.89. The molecule has 0 aliphatic heterocycles. The highest BCUT2D eigenvalue weighted by molar-refractivity contribution is 6.35. The Kier molecular flexibility index (Phi) is 3.72. The zero-order chi connectivity index (χ0) is 15.9. The molecule has 0 saturated heterocycles. The standard InChI is InChI=1S/C16H11Cl2NO3/c17-9-1-3-12(18)11(6-9)10-2-4-13(20)16-15(10)8(7-19-16)5-14(21)22/h1-4,6-7,19-20H,5H2,(H,21,22). The van der Waals surface area contributed by atoms with Gasteiger partial charge in [0.25, 0.3) is 0 Å². The van der Waals surface area contributed by atoms with Crippen molar-refractivity contribution in [1.82, 2.24) is 4.98 Å². The van der Waals surface area contributed by atoms with Crippen LogP contribution in [0.5, 0.6) is 5.75 Å². The number of halogens is 2. The SMILES string of the molecule is O=C(O)Cc1c[nH]c2c(O)ccc(-c3cc(Cl)ccc3Cl)c12. The summed E-state index contributed by atoms with van der Waals surface area (Å²) in [5.41, 5.74) is 2.46. The minimum atomic E-state index is -0.951. The number of carboxylic acids is 1. The van der Waals surface area contributed by atoms with Gasteiger partial charge in [0.15, 0.2) is 0 Å². The number of aliphatic carboxylic acids is 1. The Labute approximate surface area is 135 Å². The number of nitrogens with one attached hydrogen (secondary N) is 1. The first-order valence-corrected chi connectivity index (χ1v) is 7.22. The highest BCUT2D eigenvalue weighted by Gasteiger charge is 2.17. The number of aromatic nitrogens is 1. The summed E-state index contributed by atoms with van der Waals surface area (Å²) in [7, 11) is 0. The van der Waals surface area contributed by atoms with E-state index >= 15 is 0 Å². The lowest BCUT2D eigenvalue weighted by molar-refractivity contribution is -0.136. The van der Waals surface area contributed by atoms with Gasteiger partial charge in [-0.05, 0) is 41.5 Å². The molecular weight excluding hydrogens is 325 g/mol. The summed E-state index contributed by atoms with van der Waals surface area (Å²) in [6, 6.07) is 8.32. The monoisotopic (exact) mass is 335 g/mol. The highest BCUT2D eigenvalue weighted by Crippen LogP contribution is 2.39. The zero-order valence-corrected chi connectivity index (χ0v) is 12.7. The molecule has 0 amide bonds. The van der Waals surface area contributed by atoms with Crippen LogP contribution in [0.1, 0.15) is 5.56 Å². The van der Waals surface area contributed by atoms with Gasteiger partial charge in [0.1, 0.15) is 5.75 Å². The summed E-state index contributed by atoms with van der Waals surface area (Å²) in [5.74, 6) is -0.902. The molecule has 3 aromatic rings. The molecule has 0 unspecified atom stereocenters. The third-order valence-electron chi connectivity index (χ3n) is 3.46. The van der Waals surface area contributed by atoms with E-state index in [0.717, 1.165) is 5.56 Å². The van der Waals surface area contributed by atoms with Gasteiger partial charge < -0.3 is 15.2 Å². The summed E-state index contributed by atoms with van der Waals surface area (Å²) in [4.78, 5) is 14.0. The number of aromatic hydroxyl groups is 1. The number of rotatable bonds is 3. The van der Waals surface area contributed by atoms with Crippen LogP contribution < -0.4 is 0 Å². The van der Waals surface area contributed by atoms with E-state index in [4.69, 9.17) is 28.3 Å². The lowest BCUT2D eigenvalue weighted by Gasteiger charge is -2.09. The van der Waals surface area contributed by atoms with E-state index in [1.54, 1.807) is 30.5 Å². The van der Waals surface area contributed by atoms with E-state index in [2.05, 4.69) is 4.98 Å². The van der Waals surface area contributed by atoms with Crippen molar-refractivity contribution in [1.29, 1.82) is 0 Å². The number of benzene rings is 2. The van der Waals surface area contributed by atoms with Crippen LogP contribution in [-0.4, -0.2) is 21.2 Å². The summed E-state index contributed by atoms with van der Waals surface area (Å²) in [6.07, 6.45) is 1.43. The molecule has 0 saturated carbocycles. The van der Waals surface area contributed by atoms with Crippen molar-refractivity contribution in [3.8, 4) is 16.9 Å². The van der Waals surface area contributed by atoms with Crippen molar-refractivity contribution in [2.45, 2.75) is 6.42 Å². The van der Waals surface area contributed by atoms with Gasteiger partial charge >= 0.3 is 5.97 Å². The van der Waals surface area contributed by atoms with E-state index in [0.29, 0.717) is 32.1 Å². The molecule has 0 radical (unpaired) electrons. The molecule has 0 fully saturated rings. The Morgan fingerprint density at radius 1 is 1.14 bits per heavy atom. The molecule has 3 rings (SSSR count). The van der Waals surface area contributed by atoms with E-state index in [9.17, 15) is 9.90 Å². The first-order chi connectivity index (χ1) is 10.5. The molecule has 22 heavy (non-hydrogen) atoms. The predicted octanol–water partition coefficient (Wildman–Crippen LogP) is 4.47. The number of hydrogen-bond donors (Lipinski definition) is 3. The van der Waals surface area contributed by atoms with Crippen LogP contribution in [0, 0.1) is 0 Å². The topological polar surface area (TPSA) is 73.3 Å². The van der Waals surface area contributed by atoms with Gasteiger partial charge in [-0.2, -0.15) is 0 Å². The van der Waals surface area contributed by atoms with Crippen LogP contribution >= 0.6 is 23.2 Å². The maximum absolute atomic E-state index is 11.0. The van der Waals surface area contributed by atoms with Gasteiger partial charge in [-0.3, -0.25) is 4.79 Å². The number of H-pyrrole nitrogens is 1. The molecule has 0 spiro atoms. The molecular formula is C16H11Cl2NO3. The van der Waals surface area contributed by atoms with E-state index in [1.165, 1.54) is 6.07 Å². The average Bonchev–Trinajstić information content (AvgIpc) is 2.87. The third kappa shape index (κ3) is 2.51. The number of carbonyl (C=O) groups is 1. The maximum atomic E-state index is 11.0. The molecule has 1 aromatic heterocycles. The van der Waals surface area contributed by atoms with Gasteiger partial charge in [-0.1, -0.05) is 23.2 Å². The summed E-state index contributed by atoms with van der Waals surface area (Å²) >= 11 is 12.3. The van der Waals surface area contributed by atoms with Crippen LogP contribution in [0.3, 0.4) is 0 Å². The summed E-state index contributed by atoms with van der Waals surface area (Å²) in [5, 5.41) is 20.7. The largest absolute Gasteiger partial charge is 0.506 e. The van der Waals surface area contributed by atoms with Crippen molar-refractivity contribution in [3.05, 3.63) is 52.1 Å². The Morgan fingerprint density at radius 3 is 2.64 bits per heavy atom. The molecule has 2 aromatic carbocycles. The fourth-order valence-electron chi connectivity index (χ4n) is 2.53. The Bertz CT molecular complexity index is 886. The highest BCUT2D eigenvalue weighted by atomic mass is 35.5. The molecule has 3 N–H and O–H groups in total. The lowest BCUT2D eigenvalue weighted by Crippen LogP contribution is -1.99. The molecule has 0 aliphatic carbocycles. The molecule has 0 atom stereocenters. The number of hydrogen-bond acceptors (Lipinski definition) is 2. The van der Waals surface area contributed by atoms with Crippen LogP contribution in [0.25, 0.3) is 22.0 Å². The fourth-order valence-corrected chi connectivity index (χ4v) is 2.92. The fraction of sp³-hybridized carbons (Fsp3) is 0.0625. The van der Waals surface area contributed by atoms with Crippen molar-refractivity contribution < 1.29 is 15.0 Å². The normalized spacial score (nSPS) is 11.0. The van der Waals surface area contributed by atoms with E-state index in [1.807, 2.05) is 0 Å². The average molecular weight is 336 g/mol. The summed E-state index contributed by atoms with van der Waals surface area (Å²) in [6.45, 7) is 0. The predicted molar refractivity (Wildman–Crippen MR) is 86.8 cm³/mol. The van der Waals surface area contributed by atoms with Gasteiger partial charge in [0.05, 0.1) is 11.9 Å². The molecule has 6 heteroatoms. The number of phenols is 1. The second kappa shape index (κ2) is 5.55. The quantitative estimate of drug-likeness (QED) is 0.660. The minimum Gasteiger partial charge on any atom is -0.506 e. The van der Waals surface area contributed by atoms with Gasteiger partial charge in [0.2, 0.25) is 0 Å². The first kappa shape index (κ1) is 14.8. The minimum absolute atomic E-state index is 0.0496. The Hall–Kier alpha value is -2.17. The second-order valence-corrected chi connectivity index (χ2v) is 5.73. The van der Waals surface area contributed by atoms with Crippen LogP contribution in [-0.2, 0) is 11.2 Å². The van der Waals surface area contributed by atoms with Gasteiger partial charge in [-0.15, -0.1) is 0 Å². The number of aromatic amines is 1. The van der Waals surface area contributed by atoms with Crippen LogP contribution in [0.15, 0.2) is 36.5 Å². The van der Waals surface area contributed by atoms with Crippen molar-refractivity contribution in [3.63, 3.8) is 0 Å². The molecule has 0 aliphatic rings. The van der Waals surface area contributed by atoms with Crippen molar-refractivity contribution >= 4 is 40.1 Å². The van der Waals surface area contributed by atoms with Crippen LogP contribution in [0.4, 0.5) is 0 Å². The smallest absolute Gasteiger partial charge is 0.307 e. The summed E-state index contributed by atoms with van der Waals surface area (Å²) < 4.78 is 0. The van der Waals surface area contributed by atoms with Gasteiger partial charge in [-0.25, -0.2) is 0 Å². The zero-order valence-electron chi connectivity index (χ0n) is 11.2. The van der Waals surface area contributed by atoms with E-state index < -0.39 is 5.97 Å². The Morgan fingerprint density at radius 2 is 1.91 bits per heavy atom. The van der Waals surface area contributed by atoms with Crippen LogP contribution in [0.2, 0.25) is 10.0 Å². The van der Waals surface area contributed by atoms with E-state index in [-0.39, 0.29) is 12.2 Å². The Balaban J connectivity index is 2.33. The molecule has 0 bridgehead atoms. The molecule has 4 nitrogen and oxygen atoms in total. The third-order valence-corrected chi connectivity index (χ3v) is 4.02. The number of carboxylic acid groups (broad SMARTS) is 1. The first-order valence-electron chi connectivity index (χ1n) is 6.46. The maximum Gasteiger partial charge on any atom is 0.307 e. The van der Waals surface area contributed by atoms with Crippen molar-refractivity contribution in [2.24, 2.45) is 0 Å². The lowest BCUT2D eigenvalue weighted by atomic mass is 9.97.